The van der Waals surface area contributed by atoms with E-state index in [-0.39, 0.29) is 24.4 Å². The molecule has 5 nitrogen and oxygen atoms in total. The number of unbranched alkanes of at least 4 members (excludes halogenated alkanes) is 2. The van der Waals surface area contributed by atoms with Crippen LogP contribution in [0.2, 0.25) is 0 Å². The van der Waals surface area contributed by atoms with E-state index in [1.54, 1.807) is 0 Å². The van der Waals surface area contributed by atoms with Gasteiger partial charge in [-0.3, -0.25) is 9.59 Å². The Kier molecular flexibility index (Phi) is 9.05. The molecule has 0 aliphatic rings. The van der Waals surface area contributed by atoms with E-state index in [4.69, 9.17) is 0 Å². The number of anilines is 2. The second-order valence-electron chi connectivity index (χ2n) is 6.88. The average molecular weight is 382 g/mol. The molecule has 0 aliphatic carbocycles. The highest BCUT2D eigenvalue weighted by Crippen LogP contribution is 2.17. The molecular formula is C23H31N3O2. The maximum atomic E-state index is 12.3. The molecule has 3 N–H and O–H groups in total. The van der Waals surface area contributed by atoms with Crippen LogP contribution in [0.1, 0.15) is 57.6 Å². The van der Waals surface area contributed by atoms with Gasteiger partial charge in [0.2, 0.25) is 11.8 Å². The Morgan fingerprint density at radius 3 is 2.36 bits per heavy atom. The summed E-state index contributed by atoms with van der Waals surface area (Å²) in [6.07, 6.45) is 4.42. The lowest BCUT2D eigenvalue weighted by Gasteiger charge is -2.18. The Hall–Kier alpha value is -2.82. The molecule has 0 spiro atoms. The predicted octanol–water partition coefficient (Wildman–Crippen LogP) is 4.88. The molecule has 0 radical (unpaired) electrons. The molecule has 2 aromatic rings. The van der Waals surface area contributed by atoms with Gasteiger partial charge >= 0.3 is 0 Å². The Labute approximate surface area is 167 Å². The fourth-order valence-corrected chi connectivity index (χ4v) is 3.00. The van der Waals surface area contributed by atoms with Crippen LogP contribution in [0.25, 0.3) is 0 Å². The van der Waals surface area contributed by atoms with Crippen molar-refractivity contribution in [1.82, 2.24) is 5.32 Å². The van der Waals surface area contributed by atoms with Gasteiger partial charge in [-0.05, 0) is 36.6 Å². The normalized spacial score (nSPS) is 11.5. The largest absolute Gasteiger partial charge is 0.376 e. The molecule has 5 heteroatoms. The van der Waals surface area contributed by atoms with E-state index in [2.05, 4.69) is 29.8 Å². The quantitative estimate of drug-likeness (QED) is 0.486. The molecule has 0 aromatic heterocycles. The summed E-state index contributed by atoms with van der Waals surface area (Å²) in [6, 6.07) is 17.4. The summed E-state index contributed by atoms with van der Waals surface area (Å²) in [5.74, 6) is -0.0401. The van der Waals surface area contributed by atoms with Gasteiger partial charge in [-0.2, -0.15) is 0 Å². The average Bonchev–Trinajstić information content (AvgIpc) is 2.71. The van der Waals surface area contributed by atoms with Crippen LogP contribution < -0.4 is 16.0 Å². The van der Waals surface area contributed by atoms with E-state index >= 15 is 0 Å². The summed E-state index contributed by atoms with van der Waals surface area (Å²) in [7, 11) is 0. The number of hydrogen-bond acceptors (Lipinski definition) is 3. The van der Waals surface area contributed by atoms with Crippen LogP contribution in [0.4, 0.5) is 11.4 Å². The third-order valence-corrected chi connectivity index (χ3v) is 4.55. The smallest absolute Gasteiger partial charge is 0.239 e. The third kappa shape index (κ3) is 7.43. The van der Waals surface area contributed by atoms with Crippen molar-refractivity contribution in [2.24, 2.45) is 0 Å². The van der Waals surface area contributed by atoms with Gasteiger partial charge in [0.05, 0.1) is 12.6 Å². The van der Waals surface area contributed by atoms with Crippen LogP contribution in [0.5, 0.6) is 0 Å². The van der Waals surface area contributed by atoms with Crippen molar-refractivity contribution >= 4 is 23.2 Å². The molecule has 0 bridgehead atoms. The van der Waals surface area contributed by atoms with Gasteiger partial charge in [0, 0.05) is 17.8 Å². The van der Waals surface area contributed by atoms with E-state index in [1.807, 2.05) is 54.6 Å². The first-order valence-electron chi connectivity index (χ1n) is 10.1. The lowest BCUT2D eigenvalue weighted by molar-refractivity contribution is -0.120. The van der Waals surface area contributed by atoms with Gasteiger partial charge in [0.25, 0.3) is 0 Å². The summed E-state index contributed by atoms with van der Waals surface area (Å²) in [5, 5.41) is 9.10. The Bertz CT molecular complexity index is 747. The van der Waals surface area contributed by atoms with Crippen LogP contribution in [0, 0.1) is 0 Å². The minimum Gasteiger partial charge on any atom is -0.376 e. The van der Waals surface area contributed by atoms with Gasteiger partial charge in [0.1, 0.15) is 0 Å². The zero-order valence-corrected chi connectivity index (χ0v) is 16.8. The Balaban J connectivity index is 1.83. The van der Waals surface area contributed by atoms with Crippen molar-refractivity contribution in [3.05, 3.63) is 60.2 Å². The van der Waals surface area contributed by atoms with Crippen molar-refractivity contribution in [3.63, 3.8) is 0 Å². The highest BCUT2D eigenvalue weighted by Gasteiger charge is 2.12. The van der Waals surface area contributed by atoms with Crippen molar-refractivity contribution in [3.8, 4) is 0 Å². The molecule has 1 atom stereocenters. The maximum Gasteiger partial charge on any atom is 0.239 e. The first kappa shape index (κ1) is 21.5. The van der Waals surface area contributed by atoms with E-state index in [0.717, 1.165) is 42.6 Å². The van der Waals surface area contributed by atoms with Gasteiger partial charge < -0.3 is 16.0 Å². The number of benzene rings is 2. The molecule has 0 saturated carbocycles. The zero-order valence-electron chi connectivity index (χ0n) is 16.8. The lowest BCUT2D eigenvalue weighted by Crippen LogP contribution is -2.33. The maximum absolute atomic E-state index is 12.3. The minimum atomic E-state index is -0.0651. The molecule has 0 saturated heterocycles. The molecule has 0 fully saturated rings. The SMILES string of the molecule is CCCCCC(=O)Nc1cccc(NCC(=O)NC(CC)c2ccccc2)c1. The van der Waals surface area contributed by atoms with Crippen LogP contribution in [0.3, 0.4) is 0 Å². The Morgan fingerprint density at radius 2 is 1.64 bits per heavy atom. The van der Waals surface area contributed by atoms with Gasteiger partial charge in [-0.25, -0.2) is 0 Å². The van der Waals surface area contributed by atoms with Gasteiger partial charge in [-0.1, -0.05) is 63.1 Å². The van der Waals surface area contributed by atoms with Crippen molar-refractivity contribution < 1.29 is 9.59 Å². The summed E-state index contributed by atoms with van der Waals surface area (Å²) >= 11 is 0. The fraction of sp³-hybridized carbons (Fsp3) is 0.391. The van der Waals surface area contributed by atoms with Crippen LogP contribution in [-0.4, -0.2) is 18.4 Å². The summed E-state index contributed by atoms with van der Waals surface area (Å²) in [6.45, 7) is 4.35. The van der Waals surface area contributed by atoms with E-state index in [0.29, 0.717) is 6.42 Å². The fourth-order valence-electron chi connectivity index (χ4n) is 3.00. The molecular weight excluding hydrogens is 350 g/mol. The zero-order chi connectivity index (χ0) is 20.2. The summed E-state index contributed by atoms with van der Waals surface area (Å²) < 4.78 is 0. The molecule has 0 aliphatic heterocycles. The van der Waals surface area contributed by atoms with Gasteiger partial charge in [-0.15, -0.1) is 0 Å². The first-order valence-corrected chi connectivity index (χ1v) is 10.1. The standard InChI is InChI=1S/C23H31N3O2/c1-3-5-7-15-22(27)25-20-14-10-13-19(16-20)24-17-23(28)26-21(4-2)18-11-8-6-9-12-18/h6,8-14,16,21,24H,3-5,7,15,17H2,1-2H3,(H,25,27)(H,26,28). The molecule has 150 valence electrons. The molecule has 2 aromatic carbocycles. The molecule has 2 rings (SSSR count). The van der Waals surface area contributed by atoms with Crippen molar-refractivity contribution in [2.75, 3.05) is 17.2 Å². The highest BCUT2D eigenvalue weighted by molar-refractivity contribution is 5.91. The van der Waals surface area contributed by atoms with Crippen molar-refractivity contribution in [1.29, 1.82) is 0 Å². The minimum absolute atomic E-state index is 0.00393. The molecule has 2 amide bonds. The predicted molar refractivity (Wildman–Crippen MR) is 115 cm³/mol. The summed E-state index contributed by atoms with van der Waals surface area (Å²) in [5.41, 5.74) is 2.64. The number of carbonyl (C=O) groups is 2. The third-order valence-electron chi connectivity index (χ3n) is 4.55. The second kappa shape index (κ2) is 11.8. The lowest BCUT2D eigenvalue weighted by atomic mass is 10.0. The molecule has 1 unspecified atom stereocenters. The van der Waals surface area contributed by atoms with Gasteiger partial charge in [0.15, 0.2) is 0 Å². The number of nitrogens with one attached hydrogen (secondary N) is 3. The Morgan fingerprint density at radius 1 is 0.893 bits per heavy atom. The van der Waals surface area contributed by atoms with E-state index in [9.17, 15) is 9.59 Å². The van der Waals surface area contributed by atoms with Crippen molar-refractivity contribution in [2.45, 2.75) is 52.0 Å². The summed E-state index contributed by atoms with van der Waals surface area (Å²) in [4.78, 5) is 24.3. The highest BCUT2D eigenvalue weighted by atomic mass is 16.2. The number of amides is 2. The molecule has 28 heavy (non-hydrogen) atoms. The van der Waals surface area contributed by atoms with E-state index in [1.165, 1.54) is 0 Å². The van der Waals surface area contributed by atoms with Crippen LogP contribution in [0.15, 0.2) is 54.6 Å². The topological polar surface area (TPSA) is 70.2 Å². The number of rotatable bonds is 11. The molecule has 0 heterocycles. The van der Waals surface area contributed by atoms with E-state index < -0.39 is 0 Å². The number of carbonyl (C=O) groups excluding carboxylic acids is 2. The van der Waals surface area contributed by atoms with Crippen LogP contribution in [-0.2, 0) is 9.59 Å². The first-order chi connectivity index (χ1) is 13.6. The number of hydrogen-bond donors (Lipinski definition) is 3. The monoisotopic (exact) mass is 381 g/mol. The second-order valence-corrected chi connectivity index (χ2v) is 6.88. The van der Waals surface area contributed by atoms with Crippen LogP contribution >= 0.6 is 0 Å².